The van der Waals surface area contributed by atoms with Gasteiger partial charge in [0.15, 0.2) is 0 Å². The first-order valence-electron chi connectivity index (χ1n) is 8.03. The molecule has 1 saturated heterocycles. The van der Waals surface area contributed by atoms with Crippen LogP contribution in [0.5, 0.6) is 0 Å². The van der Waals surface area contributed by atoms with Gasteiger partial charge in [-0.25, -0.2) is 13.1 Å². The third kappa shape index (κ3) is 3.72. The van der Waals surface area contributed by atoms with Crippen LogP contribution in [0.4, 0.5) is 0 Å². The first kappa shape index (κ1) is 14.8. The predicted octanol–water partition coefficient (Wildman–Crippen LogP) is 0.247. The zero-order chi connectivity index (χ0) is 14.0. The fraction of sp³-hybridized carbons (Fsp3) is 1.00. The fourth-order valence-electron chi connectivity index (χ4n) is 4.12. The minimum absolute atomic E-state index is 0.244. The molecule has 2 aliphatic carbocycles. The highest BCUT2D eigenvalue weighted by molar-refractivity contribution is 7.89. The third-order valence-corrected chi connectivity index (χ3v) is 6.66. The van der Waals surface area contributed by atoms with Crippen molar-refractivity contribution >= 4 is 10.0 Å². The largest absolute Gasteiger partial charge is 0.314 e. The second-order valence-corrected chi connectivity index (χ2v) is 8.62. The van der Waals surface area contributed by atoms with Crippen LogP contribution in [-0.2, 0) is 10.0 Å². The van der Waals surface area contributed by atoms with Crippen LogP contribution in [-0.4, -0.2) is 58.3 Å². The summed E-state index contributed by atoms with van der Waals surface area (Å²) in [7, 11) is -3.10. The van der Waals surface area contributed by atoms with Crippen LogP contribution in [0.1, 0.15) is 25.7 Å². The number of nitrogens with zero attached hydrogens (tertiary/aromatic N) is 1. The van der Waals surface area contributed by atoms with Crippen molar-refractivity contribution in [1.29, 1.82) is 0 Å². The molecule has 20 heavy (non-hydrogen) atoms. The molecule has 3 fully saturated rings. The van der Waals surface area contributed by atoms with Gasteiger partial charge in [0.05, 0.1) is 5.75 Å². The zero-order valence-electron chi connectivity index (χ0n) is 12.2. The molecule has 0 radical (unpaired) electrons. The van der Waals surface area contributed by atoms with E-state index in [2.05, 4.69) is 14.9 Å². The maximum absolute atomic E-state index is 12.1. The van der Waals surface area contributed by atoms with E-state index in [1.54, 1.807) is 0 Å². The van der Waals surface area contributed by atoms with Gasteiger partial charge in [-0.05, 0) is 37.0 Å². The maximum atomic E-state index is 12.1. The lowest BCUT2D eigenvalue weighted by Crippen LogP contribution is -2.46. The number of fused-ring (bicyclic) bond motifs is 2. The first-order valence-corrected chi connectivity index (χ1v) is 9.68. The Morgan fingerprint density at radius 3 is 2.60 bits per heavy atom. The summed E-state index contributed by atoms with van der Waals surface area (Å²) in [6, 6.07) is 0. The molecule has 3 unspecified atom stereocenters. The third-order valence-electron chi connectivity index (χ3n) is 5.34. The second-order valence-electron chi connectivity index (χ2n) is 6.69. The predicted molar refractivity (Wildman–Crippen MR) is 80.0 cm³/mol. The summed E-state index contributed by atoms with van der Waals surface area (Å²) in [6.07, 6.45) is 5.27. The van der Waals surface area contributed by atoms with Gasteiger partial charge >= 0.3 is 0 Å². The molecule has 0 spiro atoms. The van der Waals surface area contributed by atoms with Gasteiger partial charge in [0, 0.05) is 39.3 Å². The molecule has 116 valence electrons. The SMILES string of the molecule is O=S(=O)(CCN1CCNCC1)NCC1CC2CCC1C2. The van der Waals surface area contributed by atoms with Crippen molar-refractivity contribution in [2.24, 2.45) is 17.8 Å². The van der Waals surface area contributed by atoms with Gasteiger partial charge in [0.25, 0.3) is 0 Å². The smallest absolute Gasteiger partial charge is 0.212 e. The van der Waals surface area contributed by atoms with Gasteiger partial charge in [0.2, 0.25) is 10.0 Å². The Morgan fingerprint density at radius 1 is 1.15 bits per heavy atom. The van der Waals surface area contributed by atoms with E-state index in [0.717, 1.165) is 38.0 Å². The monoisotopic (exact) mass is 301 g/mol. The van der Waals surface area contributed by atoms with Crippen molar-refractivity contribution in [3.63, 3.8) is 0 Å². The number of hydrogen-bond donors (Lipinski definition) is 2. The average Bonchev–Trinajstić information content (AvgIpc) is 3.07. The second kappa shape index (κ2) is 6.30. The molecule has 2 N–H and O–H groups in total. The fourth-order valence-corrected chi connectivity index (χ4v) is 5.23. The van der Waals surface area contributed by atoms with Crippen molar-refractivity contribution < 1.29 is 8.42 Å². The Balaban J connectivity index is 1.39. The van der Waals surface area contributed by atoms with E-state index in [-0.39, 0.29) is 5.75 Å². The van der Waals surface area contributed by atoms with Crippen LogP contribution < -0.4 is 10.0 Å². The Labute approximate surface area is 122 Å². The lowest BCUT2D eigenvalue weighted by Gasteiger charge is -2.27. The van der Waals surface area contributed by atoms with Crippen LogP contribution in [0, 0.1) is 17.8 Å². The van der Waals surface area contributed by atoms with E-state index in [9.17, 15) is 8.42 Å². The Hall–Kier alpha value is -0.170. The van der Waals surface area contributed by atoms with Crippen LogP contribution in [0.15, 0.2) is 0 Å². The van der Waals surface area contributed by atoms with Crippen molar-refractivity contribution in [2.45, 2.75) is 25.7 Å². The number of sulfonamides is 1. The molecule has 1 aliphatic heterocycles. The standard InChI is InChI=1S/C14H27N3O2S/c18-20(19,8-7-17-5-3-15-4-6-17)16-11-14-10-12-1-2-13(14)9-12/h12-16H,1-11H2. The highest BCUT2D eigenvalue weighted by atomic mass is 32.2. The highest BCUT2D eigenvalue weighted by Gasteiger charge is 2.39. The van der Waals surface area contributed by atoms with E-state index in [1.807, 2.05) is 0 Å². The van der Waals surface area contributed by atoms with Crippen molar-refractivity contribution in [3.05, 3.63) is 0 Å². The molecule has 2 bridgehead atoms. The molecule has 3 atom stereocenters. The maximum Gasteiger partial charge on any atom is 0.212 e. The first-order chi connectivity index (χ1) is 9.62. The number of hydrogen-bond acceptors (Lipinski definition) is 4. The summed E-state index contributed by atoms with van der Waals surface area (Å²) in [4.78, 5) is 2.23. The summed E-state index contributed by atoms with van der Waals surface area (Å²) in [6.45, 7) is 5.19. The Morgan fingerprint density at radius 2 is 1.95 bits per heavy atom. The summed E-state index contributed by atoms with van der Waals surface area (Å²) in [5, 5.41) is 3.28. The van der Waals surface area contributed by atoms with Gasteiger partial charge in [0.1, 0.15) is 0 Å². The van der Waals surface area contributed by atoms with Crippen LogP contribution in [0.3, 0.4) is 0 Å². The molecule has 5 nitrogen and oxygen atoms in total. The molecule has 3 aliphatic rings. The van der Waals surface area contributed by atoms with E-state index in [4.69, 9.17) is 0 Å². The molecule has 6 heteroatoms. The molecule has 2 saturated carbocycles. The van der Waals surface area contributed by atoms with E-state index in [0.29, 0.717) is 19.0 Å². The van der Waals surface area contributed by atoms with E-state index >= 15 is 0 Å². The molecule has 0 amide bonds. The minimum Gasteiger partial charge on any atom is -0.314 e. The van der Waals surface area contributed by atoms with Crippen molar-refractivity contribution in [2.75, 3.05) is 45.0 Å². The van der Waals surface area contributed by atoms with E-state index < -0.39 is 10.0 Å². The highest BCUT2D eigenvalue weighted by Crippen LogP contribution is 2.47. The summed E-state index contributed by atoms with van der Waals surface area (Å²) >= 11 is 0. The molecule has 3 rings (SSSR count). The summed E-state index contributed by atoms with van der Waals surface area (Å²) in [5.41, 5.74) is 0. The van der Waals surface area contributed by atoms with Gasteiger partial charge < -0.3 is 5.32 Å². The average molecular weight is 301 g/mol. The van der Waals surface area contributed by atoms with Crippen molar-refractivity contribution in [3.8, 4) is 0 Å². The van der Waals surface area contributed by atoms with Gasteiger partial charge in [-0.1, -0.05) is 6.42 Å². The number of piperazine rings is 1. The quantitative estimate of drug-likeness (QED) is 0.738. The summed E-state index contributed by atoms with van der Waals surface area (Å²) < 4.78 is 27.0. The topological polar surface area (TPSA) is 61.4 Å². The van der Waals surface area contributed by atoms with Gasteiger partial charge in [-0.3, -0.25) is 4.90 Å². The Bertz CT molecular complexity index is 420. The number of nitrogens with one attached hydrogen (secondary N) is 2. The van der Waals surface area contributed by atoms with E-state index in [1.165, 1.54) is 25.7 Å². The minimum atomic E-state index is -3.10. The lowest BCUT2D eigenvalue weighted by molar-refractivity contribution is 0.253. The van der Waals surface area contributed by atoms with Crippen molar-refractivity contribution in [1.82, 2.24) is 14.9 Å². The molecular formula is C14H27N3O2S. The summed E-state index contributed by atoms with van der Waals surface area (Å²) in [5.74, 6) is 2.52. The van der Waals surface area contributed by atoms with Crippen LogP contribution >= 0.6 is 0 Å². The lowest BCUT2D eigenvalue weighted by atomic mass is 9.89. The molecule has 0 aromatic carbocycles. The van der Waals surface area contributed by atoms with Gasteiger partial charge in [-0.15, -0.1) is 0 Å². The zero-order valence-corrected chi connectivity index (χ0v) is 13.0. The van der Waals surface area contributed by atoms with Gasteiger partial charge in [-0.2, -0.15) is 0 Å². The van der Waals surface area contributed by atoms with Crippen LogP contribution in [0.25, 0.3) is 0 Å². The molecule has 0 aromatic heterocycles. The normalized spacial score (nSPS) is 34.7. The number of rotatable bonds is 6. The van der Waals surface area contributed by atoms with Crippen LogP contribution in [0.2, 0.25) is 0 Å². The molecule has 0 aromatic rings. The Kier molecular flexibility index (Phi) is 4.65. The molecule has 1 heterocycles. The molecular weight excluding hydrogens is 274 g/mol.